The van der Waals surface area contributed by atoms with Crippen molar-refractivity contribution in [2.75, 3.05) is 31.8 Å². The molecule has 1 N–H and O–H groups in total. The topological polar surface area (TPSA) is 107 Å². The van der Waals surface area contributed by atoms with Gasteiger partial charge in [0.25, 0.3) is 5.78 Å². The van der Waals surface area contributed by atoms with Gasteiger partial charge in [0.1, 0.15) is 17.3 Å². The maximum Gasteiger partial charge on any atom is 0.301 e. The van der Waals surface area contributed by atoms with Gasteiger partial charge in [-0.3, -0.25) is 14.5 Å². The van der Waals surface area contributed by atoms with Crippen molar-refractivity contribution in [2.45, 2.75) is 53.0 Å². The molecule has 0 saturated carbocycles. The Morgan fingerprint density at radius 2 is 1.76 bits per heavy atom. The molecule has 10 heteroatoms. The lowest BCUT2D eigenvalue weighted by molar-refractivity contribution is -0.132. The second-order valence-electron chi connectivity index (χ2n) is 11.4. The van der Waals surface area contributed by atoms with Gasteiger partial charge in [-0.2, -0.15) is 0 Å². The van der Waals surface area contributed by atoms with Gasteiger partial charge >= 0.3 is 5.91 Å². The van der Waals surface area contributed by atoms with Gasteiger partial charge in [0.05, 0.1) is 48.8 Å². The fourth-order valence-electron chi connectivity index (χ4n) is 5.20. The number of anilines is 1. The van der Waals surface area contributed by atoms with Crippen molar-refractivity contribution in [3.63, 3.8) is 0 Å². The van der Waals surface area contributed by atoms with Crippen molar-refractivity contribution in [1.82, 2.24) is 4.98 Å². The van der Waals surface area contributed by atoms with Crippen LogP contribution in [0.4, 0.5) is 5.13 Å². The molecule has 0 aliphatic carbocycles. The number of fused-ring (bicyclic) bond motifs is 1. The van der Waals surface area contributed by atoms with Gasteiger partial charge in [-0.05, 0) is 73.7 Å². The van der Waals surface area contributed by atoms with Gasteiger partial charge in [0, 0.05) is 5.56 Å². The van der Waals surface area contributed by atoms with Crippen molar-refractivity contribution in [3.05, 3.63) is 77.4 Å². The maximum atomic E-state index is 13.8. The molecule has 1 aliphatic rings. The summed E-state index contributed by atoms with van der Waals surface area (Å²) in [5.41, 5.74) is 1.52. The molecule has 1 amide bonds. The number of aliphatic hydroxyl groups excluding tert-OH is 1. The fourth-order valence-corrected chi connectivity index (χ4v) is 6.22. The first kappa shape index (κ1) is 32.8. The predicted octanol–water partition coefficient (Wildman–Crippen LogP) is 7.93. The van der Waals surface area contributed by atoms with Crippen molar-refractivity contribution >= 4 is 44.1 Å². The molecule has 46 heavy (non-hydrogen) atoms. The van der Waals surface area contributed by atoms with Gasteiger partial charge in [0.2, 0.25) is 0 Å². The Bertz CT molecular complexity index is 1750. The van der Waals surface area contributed by atoms with E-state index in [0.717, 1.165) is 24.0 Å². The summed E-state index contributed by atoms with van der Waals surface area (Å²) >= 11 is 1.27. The molecule has 1 atom stereocenters. The number of hydrogen-bond acceptors (Lipinski definition) is 9. The molecular weight excluding hydrogens is 604 g/mol. The van der Waals surface area contributed by atoms with Crippen LogP contribution in [0.5, 0.6) is 23.0 Å². The van der Waals surface area contributed by atoms with Gasteiger partial charge in [-0.1, -0.05) is 56.7 Å². The SMILES string of the molecule is CCCCOc1cccc(C(O)=C2C(=O)C(=O)N(c3nc4ccc(OCC)cc4s3)C2c2ccc(OCCC(C)C)c(OC)c2)c1. The minimum absolute atomic E-state index is 0.0551. The fraction of sp³-hybridized carbons (Fsp3) is 0.361. The summed E-state index contributed by atoms with van der Waals surface area (Å²) in [7, 11) is 1.54. The molecule has 9 nitrogen and oxygen atoms in total. The summed E-state index contributed by atoms with van der Waals surface area (Å²) in [5, 5.41) is 12.0. The first-order valence-electron chi connectivity index (χ1n) is 15.6. The first-order chi connectivity index (χ1) is 22.2. The Morgan fingerprint density at radius 1 is 0.957 bits per heavy atom. The van der Waals surface area contributed by atoms with Crippen molar-refractivity contribution in [1.29, 1.82) is 0 Å². The van der Waals surface area contributed by atoms with Crippen molar-refractivity contribution < 1.29 is 33.6 Å². The molecule has 1 unspecified atom stereocenters. The Balaban J connectivity index is 1.63. The number of ketones is 1. The number of unbranched alkanes of at least 4 members (excludes halogenated alkanes) is 1. The molecule has 1 saturated heterocycles. The second-order valence-corrected chi connectivity index (χ2v) is 12.4. The molecule has 242 valence electrons. The number of aliphatic hydroxyl groups is 1. The van der Waals surface area contributed by atoms with Crippen LogP contribution >= 0.6 is 11.3 Å². The summed E-state index contributed by atoms with van der Waals surface area (Å²) < 4.78 is 24.0. The quantitative estimate of drug-likeness (QED) is 0.0638. The highest BCUT2D eigenvalue weighted by atomic mass is 32.1. The second kappa shape index (κ2) is 14.7. The Kier molecular flexibility index (Phi) is 10.5. The zero-order valence-corrected chi connectivity index (χ0v) is 27.7. The number of amides is 1. The third-order valence-corrected chi connectivity index (χ3v) is 8.66. The zero-order valence-electron chi connectivity index (χ0n) is 26.9. The van der Waals surface area contributed by atoms with Gasteiger partial charge in [-0.15, -0.1) is 0 Å². The third kappa shape index (κ3) is 6.97. The third-order valence-electron chi connectivity index (χ3n) is 7.64. The maximum absolute atomic E-state index is 13.8. The molecule has 0 spiro atoms. The number of nitrogens with zero attached hydrogens (tertiary/aromatic N) is 2. The van der Waals surface area contributed by atoms with Crippen molar-refractivity contribution in [3.8, 4) is 23.0 Å². The van der Waals surface area contributed by atoms with Crippen LogP contribution in [0.2, 0.25) is 0 Å². The largest absolute Gasteiger partial charge is 0.507 e. The van der Waals surface area contributed by atoms with E-state index in [1.54, 1.807) is 49.6 Å². The number of rotatable bonds is 14. The highest BCUT2D eigenvalue weighted by molar-refractivity contribution is 7.22. The number of hydrogen-bond donors (Lipinski definition) is 1. The normalized spacial score (nSPS) is 16.0. The molecule has 0 radical (unpaired) electrons. The predicted molar refractivity (Wildman–Crippen MR) is 180 cm³/mol. The number of benzene rings is 3. The van der Waals surface area contributed by atoms with E-state index in [9.17, 15) is 14.7 Å². The number of ether oxygens (including phenoxy) is 4. The minimum Gasteiger partial charge on any atom is -0.507 e. The molecule has 5 rings (SSSR count). The molecule has 0 bridgehead atoms. The van der Waals surface area contributed by atoms with E-state index in [1.807, 2.05) is 25.1 Å². The van der Waals surface area contributed by atoms with Crippen LogP contribution < -0.4 is 23.8 Å². The number of carbonyl (C=O) groups excluding carboxylic acids is 2. The Labute approximate surface area is 273 Å². The number of aromatic nitrogens is 1. The van der Waals surface area contributed by atoms with Crippen LogP contribution in [0.3, 0.4) is 0 Å². The van der Waals surface area contributed by atoms with Crippen LogP contribution in [-0.2, 0) is 9.59 Å². The highest BCUT2D eigenvalue weighted by Crippen LogP contribution is 2.46. The summed E-state index contributed by atoms with van der Waals surface area (Å²) in [4.78, 5) is 33.8. The molecule has 1 fully saturated rings. The van der Waals surface area contributed by atoms with Gasteiger partial charge in [0.15, 0.2) is 16.6 Å². The summed E-state index contributed by atoms with van der Waals surface area (Å²) in [6, 6.07) is 16.7. The number of carbonyl (C=O) groups is 2. The average Bonchev–Trinajstić information content (AvgIpc) is 3.58. The van der Waals surface area contributed by atoms with Crippen LogP contribution in [-0.4, -0.2) is 48.7 Å². The number of methoxy groups -OCH3 is 1. The van der Waals surface area contributed by atoms with E-state index in [0.29, 0.717) is 70.5 Å². The zero-order chi connectivity index (χ0) is 32.8. The van der Waals surface area contributed by atoms with Crippen molar-refractivity contribution in [2.24, 2.45) is 5.92 Å². The average molecular weight is 645 g/mol. The lowest BCUT2D eigenvalue weighted by Gasteiger charge is -2.24. The van der Waals surface area contributed by atoms with E-state index < -0.39 is 17.7 Å². The Morgan fingerprint density at radius 3 is 2.50 bits per heavy atom. The monoisotopic (exact) mass is 644 g/mol. The highest BCUT2D eigenvalue weighted by Gasteiger charge is 2.48. The van der Waals surface area contributed by atoms with Crippen LogP contribution in [0, 0.1) is 5.92 Å². The lowest BCUT2D eigenvalue weighted by Crippen LogP contribution is -2.29. The summed E-state index contributed by atoms with van der Waals surface area (Å²) in [6.45, 7) is 9.78. The number of thiazole rings is 1. The molecule has 4 aromatic rings. The van der Waals surface area contributed by atoms with E-state index in [1.165, 1.54) is 16.2 Å². The van der Waals surface area contributed by atoms with Gasteiger partial charge in [-0.25, -0.2) is 4.98 Å². The van der Waals surface area contributed by atoms with Gasteiger partial charge < -0.3 is 24.1 Å². The first-order valence-corrected chi connectivity index (χ1v) is 16.5. The smallest absolute Gasteiger partial charge is 0.301 e. The van der Waals surface area contributed by atoms with E-state index >= 15 is 0 Å². The number of Topliss-reactive ketones (excluding diaryl/α,β-unsaturated/α-hetero) is 1. The van der Waals surface area contributed by atoms with E-state index in [-0.39, 0.29) is 11.3 Å². The van der Waals surface area contributed by atoms with E-state index in [4.69, 9.17) is 23.9 Å². The van der Waals surface area contributed by atoms with E-state index in [2.05, 4.69) is 20.8 Å². The van der Waals surface area contributed by atoms with Crippen LogP contribution in [0.25, 0.3) is 16.0 Å². The minimum atomic E-state index is -0.991. The summed E-state index contributed by atoms with van der Waals surface area (Å²) in [5.74, 6) is 0.800. The van der Waals surface area contributed by atoms with Crippen LogP contribution in [0.1, 0.15) is 64.1 Å². The van der Waals surface area contributed by atoms with Crippen LogP contribution in [0.15, 0.2) is 66.2 Å². The molecule has 3 aromatic carbocycles. The molecule has 2 heterocycles. The molecule has 1 aromatic heterocycles. The summed E-state index contributed by atoms with van der Waals surface area (Å²) in [6.07, 6.45) is 2.73. The molecule has 1 aliphatic heterocycles. The Hall–Kier alpha value is -4.57. The lowest BCUT2D eigenvalue weighted by atomic mass is 9.95. The standard InChI is InChI=1S/C36H40N2O7S/c1-6-8-17-44-25-11-9-10-24(19-25)33(39)31-32(23-12-15-28(29(20-23)42-5)45-18-16-22(3)4)38(35(41)34(31)40)36-37-27-14-13-26(43-7-2)21-30(27)46-36/h9-15,19-22,32,39H,6-8,16-18H2,1-5H3. The molecular formula is C36H40N2O7S.